The quantitative estimate of drug-likeness (QED) is 0.568. The summed E-state index contributed by atoms with van der Waals surface area (Å²) < 4.78 is 0.829. The van der Waals surface area contributed by atoms with Crippen molar-refractivity contribution in [1.82, 2.24) is 4.98 Å². The molecule has 0 aliphatic heterocycles. The van der Waals surface area contributed by atoms with Crippen LogP contribution in [0, 0.1) is 0 Å². The zero-order valence-corrected chi connectivity index (χ0v) is 13.6. The minimum atomic E-state index is -0.274. The van der Waals surface area contributed by atoms with Crippen LogP contribution in [0.3, 0.4) is 0 Å². The molecule has 4 N–H and O–H groups in total. The van der Waals surface area contributed by atoms with Crippen LogP contribution in [0.2, 0.25) is 5.02 Å². The minimum absolute atomic E-state index is 0.274. The van der Waals surface area contributed by atoms with Gasteiger partial charge in [0.05, 0.1) is 10.7 Å². The van der Waals surface area contributed by atoms with Gasteiger partial charge in [-0.3, -0.25) is 4.79 Å². The predicted octanol–water partition coefficient (Wildman–Crippen LogP) is 3.60. The molecule has 1 heterocycles. The van der Waals surface area contributed by atoms with E-state index in [0.29, 0.717) is 28.5 Å². The van der Waals surface area contributed by atoms with Crippen molar-refractivity contribution in [3.05, 3.63) is 51.1 Å². The molecule has 0 aliphatic rings. The number of rotatable bonds is 4. The summed E-state index contributed by atoms with van der Waals surface area (Å²) in [5.41, 5.74) is 4.23. The van der Waals surface area contributed by atoms with E-state index in [1.54, 1.807) is 30.3 Å². The lowest BCUT2D eigenvalue weighted by atomic mass is 10.1. The maximum Gasteiger partial charge on any atom is 0.255 e. The van der Waals surface area contributed by atoms with Gasteiger partial charge in [-0.1, -0.05) is 34.5 Å². The highest BCUT2D eigenvalue weighted by atomic mass is 79.9. The third kappa shape index (κ3) is 3.93. The van der Waals surface area contributed by atoms with Gasteiger partial charge in [0, 0.05) is 15.7 Å². The van der Waals surface area contributed by atoms with E-state index >= 15 is 0 Å². The van der Waals surface area contributed by atoms with Gasteiger partial charge in [-0.25, -0.2) is 10.8 Å². The Kier molecular flexibility index (Phi) is 5.17. The Morgan fingerprint density at radius 3 is 2.81 bits per heavy atom. The van der Waals surface area contributed by atoms with Crippen molar-refractivity contribution in [3.63, 3.8) is 0 Å². The van der Waals surface area contributed by atoms with Gasteiger partial charge < -0.3 is 10.7 Å². The van der Waals surface area contributed by atoms with Gasteiger partial charge in [0.1, 0.15) is 5.82 Å². The fourth-order valence-corrected chi connectivity index (χ4v) is 2.29. The molecule has 0 saturated carbocycles. The molecule has 0 spiro atoms. The first-order valence-electron chi connectivity index (χ1n) is 6.27. The van der Waals surface area contributed by atoms with E-state index in [2.05, 4.69) is 31.7 Å². The van der Waals surface area contributed by atoms with Crippen molar-refractivity contribution in [2.24, 2.45) is 5.84 Å². The molecule has 0 atom stereocenters. The van der Waals surface area contributed by atoms with Crippen LogP contribution in [-0.2, 0) is 6.42 Å². The summed E-state index contributed by atoms with van der Waals surface area (Å²) in [5.74, 6) is 5.54. The van der Waals surface area contributed by atoms with Gasteiger partial charge in [-0.05, 0) is 36.8 Å². The Hall–Kier alpha value is -1.63. The standard InChI is InChI=1S/C14H14BrClN4O/c1-2-10-5-8(6-13(18-10)20-17)14(21)19-12-7-9(15)3-4-11(12)16/h3-7H,2,17H2,1H3,(H,18,20)(H,19,21). The first kappa shape index (κ1) is 15.8. The van der Waals surface area contributed by atoms with E-state index < -0.39 is 0 Å². The molecule has 0 saturated heterocycles. The number of halogens is 2. The molecule has 2 rings (SSSR count). The molecule has 0 aliphatic carbocycles. The zero-order valence-electron chi connectivity index (χ0n) is 11.3. The first-order chi connectivity index (χ1) is 10.0. The second-order valence-corrected chi connectivity index (χ2v) is 5.63. The van der Waals surface area contributed by atoms with Crippen LogP contribution in [0.15, 0.2) is 34.8 Å². The molecule has 7 heteroatoms. The number of nitrogen functional groups attached to an aromatic ring is 1. The zero-order chi connectivity index (χ0) is 15.4. The number of hydrazine groups is 1. The smallest absolute Gasteiger partial charge is 0.255 e. The van der Waals surface area contributed by atoms with Crippen LogP contribution >= 0.6 is 27.5 Å². The molecule has 21 heavy (non-hydrogen) atoms. The van der Waals surface area contributed by atoms with E-state index in [-0.39, 0.29) is 5.91 Å². The average molecular weight is 370 g/mol. The Labute approximate surface area is 136 Å². The Balaban J connectivity index is 2.29. The third-order valence-corrected chi connectivity index (χ3v) is 3.65. The number of hydrogen-bond acceptors (Lipinski definition) is 4. The van der Waals surface area contributed by atoms with Crippen LogP contribution in [0.25, 0.3) is 0 Å². The SMILES string of the molecule is CCc1cc(C(=O)Nc2cc(Br)ccc2Cl)cc(NN)n1. The van der Waals surface area contributed by atoms with Gasteiger partial charge in [0.15, 0.2) is 0 Å². The molecular formula is C14H14BrClN4O. The summed E-state index contributed by atoms with van der Waals surface area (Å²) in [5, 5.41) is 3.24. The highest BCUT2D eigenvalue weighted by Crippen LogP contribution is 2.26. The second-order valence-electron chi connectivity index (χ2n) is 4.31. The Morgan fingerprint density at radius 1 is 1.38 bits per heavy atom. The molecule has 1 aromatic heterocycles. The van der Waals surface area contributed by atoms with Gasteiger partial charge in [0.25, 0.3) is 5.91 Å². The summed E-state index contributed by atoms with van der Waals surface area (Å²) in [7, 11) is 0. The molecule has 0 unspecified atom stereocenters. The number of benzene rings is 1. The average Bonchev–Trinajstić information content (AvgIpc) is 2.50. The van der Waals surface area contributed by atoms with Crippen molar-refractivity contribution in [3.8, 4) is 0 Å². The van der Waals surface area contributed by atoms with Gasteiger partial charge in [0.2, 0.25) is 0 Å². The monoisotopic (exact) mass is 368 g/mol. The van der Waals surface area contributed by atoms with Crippen molar-refractivity contribution >= 4 is 44.9 Å². The number of aryl methyl sites for hydroxylation is 1. The topological polar surface area (TPSA) is 80.0 Å². The van der Waals surface area contributed by atoms with Crippen LogP contribution < -0.4 is 16.6 Å². The summed E-state index contributed by atoms with van der Waals surface area (Å²) in [6.07, 6.45) is 0.702. The first-order valence-corrected chi connectivity index (χ1v) is 7.44. The normalized spacial score (nSPS) is 10.3. The van der Waals surface area contributed by atoms with Crippen LogP contribution in [0.1, 0.15) is 23.0 Å². The van der Waals surface area contributed by atoms with E-state index in [1.165, 1.54) is 0 Å². The maximum absolute atomic E-state index is 12.3. The summed E-state index contributed by atoms with van der Waals surface area (Å²) in [6.45, 7) is 1.95. The molecule has 1 aromatic carbocycles. The fraction of sp³-hybridized carbons (Fsp3) is 0.143. The van der Waals surface area contributed by atoms with Gasteiger partial charge in [-0.15, -0.1) is 0 Å². The highest BCUT2D eigenvalue weighted by molar-refractivity contribution is 9.10. The maximum atomic E-state index is 12.3. The van der Waals surface area contributed by atoms with Crippen LogP contribution in [0.4, 0.5) is 11.5 Å². The summed E-state index contributed by atoms with van der Waals surface area (Å²) in [6, 6.07) is 8.56. The van der Waals surface area contributed by atoms with Crippen molar-refractivity contribution < 1.29 is 4.79 Å². The number of pyridine rings is 1. The predicted molar refractivity (Wildman–Crippen MR) is 88.5 cm³/mol. The number of nitrogens with zero attached hydrogens (tertiary/aromatic N) is 1. The number of amides is 1. The molecule has 110 valence electrons. The molecule has 2 aromatic rings. The lowest BCUT2D eigenvalue weighted by Gasteiger charge is -2.10. The number of carbonyl (C=O) groups is 1. The molecule has 5 nitrogen and oxygen atoms in total. The Morgan fingerprint density at radius 2 is 2.14 bits per heavy atom. The number of aromatic nitrogens is 1. The van der Waals surface area contributed by atoms with Crippen LogP contribution in [-0.4, -0.2) is 10.9 Å². The van der Waals surface area contributed by atoms with E-state index in [9.17, 15) is 4.79 Å². The molecule has 0 bridgehead atoms. The minimum Gasteiger partial charge on any atom is -0.321 e. The molecule has 1 amide bonds. The second kappa shape index (κ2) is 6.89. The molecule has 0 radical (unpaired) electrons. The summed E-state index contributed by atoms with van der Waals surface area (Å²) in [4.78, 5) is 16.6. The largest absolute Gasteiger partial charge is 0.321 e. The fourth-order valence-electron chi connectivity index (χ4n) is 1.76. The van der Waals surface area contributed by atoms with E-state index in [0.717, 1.165) is 10.2 Å². The number of nitrogens with two attached hydrogens (primary N) is 1. The number of anilines is 2. The number of carbonyl (C=O) groups excluding carboxylic acids is 1. The van der Waals surface area contributed by atoms with Crippen molar-refractivity contribution in [1.29, 1.82) is 0 Å². The van der Waals surface area contributed by atoms with Crippen molar-refractivity contribution in [2.75, 3.05) is 10.7 Å². The number of nitrogens with one attached hydrogen (secondary N) is 2. The van der Waals surface area contributed by atoms with E-state index in [4.69, 9.17) is 17.4 Å². The summed E-state index contributed by atoms with van der Waals surface area (Å²) >= 11 is 9.41. The number of hydrogen-bond donors (Lipinski definition) is 3. The molecule has 0 fully saturated rings. The molecular weight excluding hydrogens is 356 g/mol. The lowest BCUT2D eigenvalue weighted by molar-refractivity contribution is 0.102. The van der Waals surface area contributed by atoms with E-state index in [1.807, 2.05) is 6.92 Å². The van der Waals surface area contributed by atoms with Crippen molar-refractivity contribution in [2.45, 2.75) is 13.3 Å². The third-order valence-electron chi connectivity index (χ3n) is 2.83. The van der Waals surface area contributed by atoms with Gasteiger partial charge >= 0.3 is 0 Å². The highest BCUT2D eigenvalue weighted by Gasteiger charge is 2.11. The Bertz CT molecular complexity index is 656. The van der Waals surface area contributed by atoms with Crippen LogP contribution in [0.5, 0.6) is 0 Å². The van der Waals surface area contributed by atoms with Gasteiger partial charge in [-0.2, -0.15) is 0 Å². The lowest BCUT2D eigenvalue weighted by Crippen LogP contribution is -2.15.